The second kappa shape index (κ2) is 5.61. The number of likely N-dealkylation sites (tertiary alicyclic amines) is 1. The molecule has 0 spiro atoms. The van der Waals surface area contributed by atoms with E-state index in [2.05, 4.69) is 11.8 Å². The molecule has 0 saturated carbocycles. The lowest BCUT2D eigenvalue weighted by atomic mass is 9.95. The third-order valence-corrected chi connectivity index (χ3v) is 3.72. The van der Waals surface area contributed by atoms with Crippen molar-refractivity contribution in [2.45, 2.75) is 44.8 Å². The van der Waals surface area contributed by atoms with Crippen LogP contribution in [0.1, 0.15) is 31.7 Å². The average Bonchev–Trinajstić information content (AvgIpc) is 2.32. The van der Waals surface area contributed by atoms with Crippen molar-refractivity contribution in [2.75, 3.05) is 6.54 Å². The fourth-order valence-corrected chi connectivity index (χ4v) is 2.72. The van der Waals surface area contributed by atoms with Gasteiger partial charge in [-0.3, -0.25) is 4.90 Å². The minimum atomic E-state index is -0.156. The molecule has 2 unspecified atom stereocenters. The molecule has 0 amide bonds. The maximum absolute atomic E-state index is 13.2. The first kappa shape index (κ1) is 12.5. The second-order valence-corrected chi connectivity index (χ2v) is 4.97. The van der Waals surface area contributed by atoms with Gasteiger partial charge in [-0.2, -0.15) is 0 Å². The Labute approximate surface area is 103 Å². The SMILES string of the molecule is CC1CCCC(CN)N1Cc1cccc(F)c1. The van der Waals surface area contributed by atoms with Crippen molar-refractivity contribution < 1.29 is 4.39 Å². The molecule has 2 N–H and O–H groups in total. The summed E-state index contributed by atoms with van der Waals surface area (Å²) in [4.78, 5) is 2.41. The number of halogens is 1. The van der Waals surface area contributed by atoms with Gasteiger partial charge in [0.15, 0.2) is 0 Å². The minimum absolute atomic E-state index is 0.156. The maximum Gasteiger partial charge on any atom is 0.123 e. The maximum atomic E-state index is 13.2. The Morgan fingerprint density at radius 3 is 2.94 bits per heavy atom. The van der Waals surface area contributed by atoms with E-state index in [-0.39, 0.29) is 5.82 Å². The lowest BCUT2D eigenvalue weighted by molar-refractivity contribution is 0.0891. The molecule has 1 aromatic rings. The van der Waals surface area contributed by atoms with Gasteiger partial charge < -0.3 is 5.73 Å². The molecule has 1 aliphatic heterocycles. The highest BCUT2D eigenvalue weighted by atomic mass is 19.1. The van der Waals surface area contributed by atoms with E-state index >= 15 is 0 Å². The summed E-state index contributed by atoms with van der Waals surface area (Å²) in [6, 6.07) is 7.86. The highest BCUT2D eigenvalue weighted by molar-refractivity contribution is 5.16. The largest absolute Gasteiger partial charge is 0.329 e. The van der Waals surface area contributed by atoms with Gasteiger partial charge in [-0.25, -0.2) is 4.39 Å². The summed E-state index contributed by atoms with van der Waals surface area (Å²) in [5.74, 6) is -0.156. The molecule has 94 valence electrons. The topological polar surface area (TPSA) is 29.3 Å². The van der Waals surface area contributed by atoms with E-state index in [9.17, 15) is 4.39 Å². The van der Waals surface area contributed by atoms with Crippen LogP contribution in [0.4, 0.5) is 4.39 Å². The molecule has 0 aliphatic carbocycles. The van der Waals surface area contributed by atoms with Crippen molar-refractivity contribution in [3.05, 3.63) is 35.6 Å². The van der Waals surface area contributed by atoms with Gasteiger partial charge in [-0.05, 0) is 37.5 Å². The molecule has 17 heavy (non-hydrogen) atoms. The molecule has 1 heterocycles. The number of hydrogen-bond acceptors (Lipinski definition) is 2. The fourth-order valence-electron chi connectivity index (χ4n) is 2.72. The third-order valence-electron chi connectivity index (χ3n) is 3.72. The number of nitrogens with zero attached hydrogens (tertiary/aromatic N) is 1. The van der Waals surface area contributed by atoms with Gasteiger partial charge in [0, 0.05) is 25.2 Å². The Balaban J connectivity index is 2.09. The molecule has 0 radical (unpaired) electrons. The van der Waals surface area contributed by atoms with Crippen molar-refractivity contribution in [1.29, 1.82) is 0 Å². The Morgan fingerprint density at radius 1 is 1.41 bits per heavy atom. The van der Waals surface area contributed by atoms with Gasteiger partial charge in [0.2, 0.25) is 0 Å². The normalized spacial score (nSPS) is 26.1. The first-order valence-electron chi connectivity index (χ1n) is 6.41. The van der Waals surface area contributed by atoms with Crippen LogP contribution in [0.15, 0.2) is 24.3 Å². The van der Waals surface area contributed by atoms with E-state index in [1.165, 1.54) is 18.9 Å². The van der Waals surface area contributed by atoms with Crippen molar-refractivity contribution in [1.82, 2.24) is 4.90 Å². The smallest absolute Gasteiger partial charge is 0.123 e. The fraction of sp³-hybridized carbons (Fsp3) is 0.571. The summed E-state index contributed by atoms with van der Waals surface area (Å²) in [5, 5.41) is 0. The van der Waals surface area contributed by atoms with Crippen molar-refractivity contribution in [3.8, 4) is 0 Å². The van der Waals surface area contributed by atoms with E-state index in [1.807, 2.05) is 6.07 Å². The first-order valence-corrected chi connectivity index (χ1v) is 6.41. The molecule has 0 aromatic heterocycles. The zero-order chi connectivity index (χ0) is 12.3. The molecule has 2 rings (SSSR count). The van der Waals surface area contributed by atoms with Gasteiger partial charge in [0.25, 0.3) is 0 Å². The Morgan fingerprint density at radius 2 is 2.24 bits per heavy atom. The molecular formula is C14H21FN2. The van der Waals surface area contributed by atoms with Crippen LogP contribution in [-0.2, 0) is 6.54 Å². The van der Waals surface area contributed by atoms with E-state index in [1.54, 1.807) is 12.1 Å². The summed E-state index contributed by atoms with van der Waals surface area (Å²) >= 11 is 0. The van der Waals surface area contributed by atoms with Gasteiger partial charge in [0.05, 0.1) is 0 Å². The summed E-state index contributed by atoms with van der Waals surface area (Å²) in [6.07, 6.45) is 3.63. The molecule has 0 bridgehead atoms. The Bertz CT molecular complexity index is 367. The van der Waals surface area contributed by atoms with E-state index in [0.29, 0.717) is 18.6 Å². The van der Waals surface area contributed by atoms with Gasteiger partial charge in [-0.15, -0.1) is 0 Å². The van der Waals surface area contributed by atoms with Crippen LogP contribution in [0.3, 0.4) is 0 Å². The molecule has 1 aliphatic rings. The van der Waals surface area contributed by atoms with Crippen LogP contribution in [0, 0.1) is 5.82 Å². The molecule has 2 atom stereocenters. The Hall–Kier alpha value is -0.930. The van der Waals surface area contributed by atoms with Gasteiger partial charge in [0.1, 0.15) is 5.82 Å². The van der Waals surface area contributed by atoms with Crippen LogP contribution >= 0.6 is 0 Å². The molecule has 1 aromatic carbocycles. The average molecular weight is 236 g/mol. The zero-order valence-corrected chi connectivity index (χ0v) is 10.4. The van der Waals surface area contributed by atoms with E-state index < -0.39 is 0 Å². The van der Waals surface area contributed by atoms with Crippen LogP contribution < -0.4 is 5.73 Å². The van der Waals surface area contributed by atoms with Crippen molar-refractivity contribution in [3.63, 3.8) is 0 Å². The number of nitrogens with two attached hydrogens (primary N) is 1. The van der Waals surface area contributed by atoms with Crippen LogP contribution in [0.25, 0.3) is 0 Å². The lowest BCUT2D eigenvalue weighted by Crippen LogP contribution is -2.48. The number of benzene rings is 1. The molecule has 1 fully saturated rings. The predicted octanol–water partition coefficient (Wildman–Crippen LogP) is 2.53. The van der Waals surface area contributed by atoms with Crippen molar-refractivity contribution >= 4 is 0 Å². The first-order chi connectivity index (χ1) is 8.20. The number of hydrogen-bond donors (Lipinski definition) is 1. The van der Waals surface area contributed by atoms with Crippen LogP contribution in [0.2, 0.25) is 0 Å². The zero-order valence-electron chi connectivity index (χ0n) is 10.4. The second-order valence-electron chi connectivity index (χ2n) is 4.97. The molecular weight excluding hydrogens is 215 g/mol. The predicted molar refractivity (Wildman–Crippen MR) is 68.1 cm³/mol. The van der Waals surface area contributed by atoms with Gasteiger partial charge in [-0.1, -0.05) is 18.6 Å². The summed E-state index contributed by atoms with van der Waals surface area (Å²) < 4.78 is 13.2. The summed E-state index contributed by atoms with van der Waals surface area (Å²) in [5.41, 5.74) is 6.86. The van der Waals surface area contributed by atoms with Crippen LogP contribution in [0.5, 0.6) is 0 Å². The number of piperidine rings is 1. The molecule has 2 nitrogen and oxygen atoms in total. The number of rotatable bonds is 3. The van der Waals surface area contributed by atoms with Crippen molar-refractivity contribution in [2.24, 2.45) is 5.73 Å². The standard InChI is InChI=1S/C14H21FN2/c1-11-4-2-7-14(9-16)17(11)10-12-5-3-6-13(15)8-12/h3,5-6,8,11,14H,2,4,7,9-10,16H2,1H3. The van der Waals surface area contributed by atoms with Gasteiger partial charge >= 0.3 is 0 Å². The van der Waals surface area contributed by atoms with E-state index in [4.69, 9.17) is 5.73 Å². The third kappa shape index (κ3) is 3.05. The van der Waals surface area contributed by atoms with Crippen LogP contribution in [-0.4, -0.2) is 23.5 Å². The monoisotopic (exact) mass is 236 g/mol. The summed E-state index contributed by atoms with van der Waals surface area (Å²) in [6.45, 7) is 3.74. The molecule has 3 heteroatoms. The van der Waals surface area contributed by atoms with E-state index in [0.717, 1.165) is 18.5 Å². The minimum Gasteiger partial charge on any atom is -0.329 e. The molecule has 1 saturated heterocycles. The highest BCUT2D eigenvalue weighted by Crippen LogP contribution is 2.24. The Kier molecular flexibility index (Phi) is 4.13. The lowest BCUT2D eigenvalue weighted by Gasteiger charge is -2.40. The summed E-state index contributed by atoms with van der Waals surface area (Å²) in [7, 11) is 0. The quantitative estimate of drug-likeness (QED) is 0.873. The highest BCUT2D eigenvalue weighted by Gasteiger charge is 2.26.